The summed E-state index contributed by atoms with van der Waals surface area (Å²) in [6, 6.07) is 0. The zero-order valence-corrected chi connectivity index (χ0v) is 12.8. The van der Waals surface area contributed by atoms with Crippen LogP contribution >= 0.6 is 0 Å². The van der Waals surface area contributed by atoms with Crippen molar-refractivity contribution < 1.29 is 5.11 Å². The first-order chi connectivity index (χ1) is 9.56. The molecule has 2 unspecified atom stereocenters. The summed E-state index contributed by atoms with van der Waals surface area (Å²) >= 11 is 0. The van der Waals surface area contributed by atoms with Crippen LogP contribution in [0.3, 0.4) is 0 Å². The second-order valence-corrected chi connectivity index (χ2v) is 6.02. The molecule has 1 aliphatic carbocycles. The van der Waals surface area contributed by atoms with Crippen molar-refractivity contribution in [3.05, 3.63) is 11.4 Å². The highest BCUT2D eigenvalue weighted by Gasteiger charge is 2.32. The highest BCUT2D eigenvalue weighted by molar-refractivity contribution is 5.26. The highest BCUT2D eigenvalue weighted by Crippen LogP contribution is 2.32. The molecule has 1 heterocycles. The third-order valence-electron chi connectivity index (χ3n) is 4.15. The van der Waals surface area contributed by atoms with E-state index in [9.17, 15) is 5.11 Å². The van der Waals surface area contributed by atoms with Gasteiger partial charge in [0.25, 0.3) is 0 Å². The van der Waals surface area contributed by atoms with Crippen molar-refractivity contribution in [2.45, 2.75) is 64.9 Å². The van der Waals surface area contributed by atoms with E-state index in [2.05, 4.69) is 41.3 Å². The van der Waals surface area contributed by atoms with Gasteiger partial charge in [-0.25, -0.2) is 4.98 Å². The Labute approximate surface area is 121 Å². The smallest absolute Gasteiger partial charge is 0.243 e. The second kappa shape index (κ2) is 6.48. The van der Waals surface area contributed by atoms with Gasteiger partial charge in [0, 0.05) is 6.54 Å². The first-order valence-electron chi connectivity index (χ1n) is 7.75. The molecule has 5 heteroatoms. The molecule has 0 radical (unpaired) electrons. The fourth-order valence-corrected chi connectivity index (χ4v) is 3.05. The van der Waals surface area contributed by atoms with Crippen LogP contribution in [0.1, 0.15) is 57.8 Å². The molecule has 2 atom stereocenters. The Bertz CT molecular complexity index is 451. The van der Waals surface area contributed by atoms with Gasteiger partial charge in [-0.05, 0) is 31.6 Å². The third-order valence-corrected chi connectivity index (χ3v) is 4.15. The van der Waals surface area contributed by atoms with Gasteiger partial charge in [-0.15, -0.1) is 5.10 Å². The van der Waals surface area contributed by atoms with Crippen molar-refractivity contribution in [2.75, 3.05) is 11.9 Å². The number of rotatable bonds is 5. The molecule has 20 heavy (non-hydrogen) atoms. The second-order valence-electron chi connectivity index (χ2n) is 6.02. The van der Waals surface area contributed by atoms with Crippen LogP contribution in [-0.2, 0) is 12.8 Å². The maximum absolute atomic E-state index is 10.6. The molecule has 1 fully saturated rings. The first kappa shape index (κ1) is 15.2. The van der Waals surface area contributed by atoms with Gasteiger partial charge in [0.05, 0.1) is 17.0 Å². The summed E-state index contributed by atoms with van der Waals surface area (Å²) in [5, 5.41) is 22.1. The largest absolute Gasteiger partial charge is 0.388 e. The highest BCUT2D eigenvalue weighted by atomic mass is 16.3. The Morgan fingerprint density at radius 2 is 2.00 bits per heavy atom. The monoisotopic (exact) mass is 278 g/mol. The van der Waals surface area contributed by atoms with Crippen LogP contribution in [0.2, 0.25) is 0 Å². The number of hydrogen-bond donors (Lipinski definition) is 2. The number of nitrogens with one attached hydrogen (secondary N) is 1. The fourth-order valence-electron chi connectivity index (χ4n) is 3.05. The minimum Gasteiger partial charge on any atom is -0.388 e. The Morgan fingerprint density at radius 1 is 1.25 bits per heavy atom. The third kappa shape index (κ3) is 3.66. The van der Waals surface area contributed by atoms with Gasteiger partial charge in [-0.1, -0.05) is 33.6 Å². The van der Waals surface area contributed by atoms with E-state index in [0.717, 1.165) is 43.5 Å². The maximum Gasteiger partial charge on any atom is 0.243 e. The molecule has 0 aliphatic heterocycles. The van der Waals surface area contributed by atoms with E-state index in [0.29, 0.717) is 18.4 Å². The number of aliphatic hydroxyl groups is 1. The molecule has 2 rings (SSSR count). The zero-order valence-electron chi connectivity index (χ0n) is 12.8. The Hall–Kier alpha value is -1.23. The molecule has 1 aliphatic rings. The topological polar surface area (TPSA) is 70.9 Å². The van der Waals surface area contributed by atoms with E-state index >= 15 is 0 Å². The number of aryl methyl sites for hydroxylation is 2. The molecule has 1 aromatic heterocycles. The number of aromatic nitrogens is 3. The Balaban J connectivity index is 2.00. The lowest BCUT2D eigenvalue weighted by atomic mass is 9.79. The van der Waals surface area contributed by atoms with Crippen molar-refractivity contribution in [1.82, 2.24) is 15.2 Å². The summed E-state index contributed by atoms with van der Waals surface area (Å²) in [5.41, 5.74) is 1.33. The van der Waals surface area contributed by atoms with Crippen LogP contribution in [0.25, 0.3) is 0 Å². The molecule has 5 nitrogen and oxygen atoms in total. The van der Waals surface area contributed by atoms with Crippen LogP contribution in [0.5, 0.6) is 0 Å². The summed E-state index contributed by atoms with van der Waals surface area (Å²) < 4.78 is 0. The quantitative estimate of drug-likeness (QED) is 0.865. The van der Waals surface area contributed by atoms with Gasteiger partial charge in [0.2, 0.25) is 5.95 Å². The lowest BCUT2D eigenvalue weighted by Crippen LogP contribution is -2.41. The lowest BCUT2D eigenvalue weighted by Gasteiger charge is -2.35. The van der Waals surface area contributed by atoms with Gasteiger partial charge < -0.3 is 10.4 Å². The molecule has 2 N–H and O–H groups in total. The van der Waals surface area contributed by atoms with E-state index in [4.69, 9.17) is 0 Å². The normalized spacial score (nSPS) is 26.5. The molecular formula is C15H26N4O. The summed E-state index contributed by atoms with van der Waals surface area (Å²) in [4.78, 5) is 4.50. The zero-order chi connectivity index (χ0) is 14.6. The Morgan fingerprint density at radius 3 is 2.65 bits per heavy atom. The predicted octanol–water partition coefficient (Wildman–Crippen LogP) is 2.35. The molecule has 0 spiro atoms. The molecule has 0 amide bonds. The maximum atomic E-state index is 10.6. The molecule has 1 saturated carbocycles. The number of hydrogen-bond acceptors (Lipinski definition) is 5. The molecular weight excluding hydrogens is 252 g/mol. The van der Waals surface area contributed by atoms with Crippen molar-refractivity contribution >= 4 is 5.95 Å². The van der Waals surface area contributed by atoms with Crippen molar-refractivity contribution in [3.63, 3.8) is 0 Å². The average molecular weight is 278 g/mol. The van der Waals surface area contributed by atoms with Crippen LogP contribution in [0, 0.1) is 5.92 Å². The van der Waals surface area contributed by atoms with E-state index in [-0.39, 0.29) is 0 Å². The minimum atomic E-state index is -0.628. The number of anilines is 1. The van der Waals surface area contributed by atoms with Gasteiger partial charge >= 0.3 is 0 Å². The first-order valence-corrected chi connectivity index (χ1v) is 7.75. The van der Waals surface area contributed by atoms with Crippen molar-refractivity contribution in [2.24, 2.45) is 5.92 Å². The summed E-state index contributed by atoms with van der Waals surface area (Å²) in [7, 11) is 0. The SMILES string of the molecule is CCc1nnc(NCC2(O)CCCC(C)C2)nc1CC. The van der Waals surface area contributed by atoms with E-state index in [1.807, 2.05) is 0 Å². The lowest BCUT2D eigenvalue weighted by molar-refractivity contribution is -0.000913. The molecule has 112 valence electrons. The van der Waals surface area contributed by atoms with E-state index < -0.39 is 5.60 Å². The van der Waals surface area contributed by atoms with Crippen molar-refractivity contribution in [3.8, 4) is 0 Å². The van der Waals surface area contributed by atoms with Gasteiger partial charge in [0.1, 0.15) is 0 Å². The average Bonchev–Trinajstić information content (AvgIpc) is 2.44. The molecule has 0 aromatic carbocycles. The summed E-state index contributed by atoms with van der Waals surface area (Å²) in [6.45, 7) is 6.84. The van der Waals surface area contributed by atoms with Gasteiger partial charge in [0.15, 0.2) is 0 Å². The molecule has 0 bridgehead atoms. The molecule has 1 aromatic rings. The molecule has 0 saturated heterocycles. The van der Waals surface area contributed by atoms with Crippen LogP contribution in [0.15, 0.2) is 0 Å². The van der Waals surface area contributed by atoms with Gasteiger partial charge in [-0.2, -0.15) is 5.10 Å². The van der Waals surface area contributed by atoms with Crippen molar-refractivity contribution in [1.29, 1.82) is 0 Å². The summed E-state index contributed by atoms with van der Waals surface area (Å²) in [5.74, 6) is 1.12. The number of nitrogens with zero attached hydrogens (tertiary/aromatic N) is 3. The van der Waals surface area contributed by atoms with E-state index in [1.165, 1.54) is 6.42 Å². The predicted molar refractivity (Wildman–Crippen MR) is 79.7 cm³/mol. The van der Waals surface area contributed by atoms with Crippen LogP contribution in [-0.4, -0.2) is 32.4 Å². The van der Waals surface area contributed by atoms with Crippen LogP contribution in [0.4, 0.5) is 5.95 Å². The standard InChI is InChI=1S/C15H26N4O/c1-4-12-13(5-2)18-19-14(17-12)16-10-15(20)8-6-7-11(3)9-15/h11,20H,4-10H2,1-3H3,(H,16,17,19). The van der Waals surface area contributed by atoms with E-state index in [1.54, 1.807) is 0 Å². The van der Waals surface area contributed by atoms with Crippen LogP contribution < -0.4 is 5.32 Å². The van der Waals surface area contributed by atoms with Gasteiger partial charge in [-0.3, -0.25) is 0 Å². The minimum absolute atomic E-state index is 0.508. The summed E-state index contributed by atoms with van der Waals surface area (Å²) in [6.07, 6.45) is 5.71. The Kier molecular flexibility index (Phi) is 4.91. The fraction of sp³-hybridized carbons (Fsp3) is 0.800.